The van der Waals surface area contributed by atoms with Gasteiger partial charge in [-0.25, -0.2) is 0 Å². The van der Waals surface area contributed by atoms with Gasteiger partial charge >= 0.3 is 0 Å². The Balaban J connectivity index is 1.95. The van der Waals surface area contributed by atoms with Crippen LogP contribution in [0.1, 0.15) is 39.5 Å². The average Bonchev–Trinajstić information content (AvgIpc) is 2.17. The van der Waals surface area contributed by atoms with Crippen molar-refractivity contribution >= 4 is 5.69 Å². The molecule has 1 aromatic rings. The summed E-state index contributed by atoms with van der Waals surface area (Å²) in [4.78, 5) is 0. The molecule has 1 atom stereocenters. The minimum atomic E-state index is 0.519. The summed E-state index contributed by atoms with van der Waals surface area (Å²) in [5, 5.41) is 3.64. The topological polar surface area (TPSA) is 12.0 Å². The molecule has 82 valence electrons. The number of nitrogens with one attached hydrogen (secondary N) is 1. The summed E-state index contributed by atoms with van der Waals surface area (Å²) in [7, 11) is 0. The third-order valence-electron chi connectivity index (χ3n) is 3.35. The predicted molar refractivity (Wildman–Crippen MR) is 66.1 cm³/mol. The van der Waals surface area contributed by atoms with Crippen LogP contribution in [0.4, 0.5) is 5.69 Å². The van der Waals surface area contributed by atoms with E-state index in [9.17, 15) is 0 Å². The zero-order valence-corrected chi connectivity index (χ0v) is 9.79. The van der Waals surface area contributed by atoms with E-state index in [0.717, 1.165) is 0 Å². The minimum absolute atomic E-state index is 0.519. The second kappa shape index (κ2) is 4.26. The van der Waals surface area contributed by atoms with Gasteiger partial charge in [0.25, 0.3) is 0 Å². The maximum absolute atomic E-state index is 3.64. The lowest BCUT2D eigenvalue weighted by Crippen LogP contribution is -2.31. The number of anilines is 1. The molecule has 1 heteroatoms. The first-order valence-electron chi connectivity index (χ1n) is 5.97. The van der Waals surface area contributed by atoms with Crippen LogP contribution >= 0.6 is 0 Å². The first kappa shape index (κ1) is 10.5. The van der Waals surface area contributed by atoms with E-state index in [1.54, 1.807) is 0 Å². The summed E-state index contributed by atoms with van der Waals surface area (Å²) in [5.74, 6) is 0. The number of hydrogen-bond acceptors (Lipinski definition) is 1. The third-order valence-corrected chi connectivity index (χ3v) is 3.35. The van der Waals surface area contributed by atoms with Gasteiger partial charge in [0.1, 0.15) is 0 Å². The summed E-state index contributed by atoms with van der Waals surface area (Å²) >= 11 is 0. The van der Waals surface area contributed by atoms with E-state index in [1.807, 2.05) is 0 Å². The van der Waals surface area contributed by atoms with E-state index in [2.05, 4.69) is 49.5 Å². The molecule has 1 aromatic carbocycles. The van der Waals surface area contributed by atoms with Crippen LogP contribution in [0.5, 0.6) is 0 Å². The maximum atomic E-state index is 3.64. The molecule has 1 fully saturated rings. The molecule has 0 bridgehead atoms. The van der Waals surface area contributed by atoms with Crippen molar-refractivity contribution in [2.75, 3.05) is 5.32 Å². The van der Waals surface area contributed by atoms with Crippen molar-refractivity contribution in [3.8, 4) is 0 Å². The van der Waals surface area contributed by atoms with Crippen LogP contribution in [-0.2, 0) is 0 Å². The van der Waals surface area contributed by atoms with E-state index in [1.165, 1.54) is 31.4 Å². The van der Waals surface area contributed by atoms with Crippen molar-refractivity contribution in [3.05, 3.63) is 30.3 Å². The summed E-state index contributed by atoms with van der Waals surface area (Å²) < 4.78 is 0. The molecule has 2 rings (SSSR count). The van der Waals surface area contributed by atoms with E-state index >= 15 is 0 Å². The summed E-state index contributed by atoms with van der Waals surface area (Å²) in [6.45, 7) is 4.76. The Bertz CT molecular complexity index is 302. The number of rotatable bonds is 2. The van der Waals surface area contributed by atoms with Crippen molar-refractivity contribution in [1.82, 2.24) is 0 Å². The van der Waals surface area contributed by atoms with Gasteiger partial charge in [-0.05, 0) is 36.8 Å². The number of para-hydroxylation sites is 1. The van der Waals surface area contributed by atoms with E-state index < -0.39 is 0 Å². The van der Waals surface area contributed by atoms with Gasteiger partial charge in [-0.15, -0.1) is 0 Å². The summed E-state index contributed by atoms with van der Waals surface area (Å²) in [6, 6.07) is 11.2. The zero-order chi connectivity index (χ0) is 10.7. The molecule has 0 spiro atoms. The van der Waals surface area contributed by atoms with Crippen molar-refractivity contribution in [3.63, 3.8) is 0 Å². The Morgan fingerprint density at radius 3 is 2.60 bits per heavy atom. The summed E-state index contributed by atoms with van der Waals surface area (Å²) in [5.41, 5.74) is 1.78. The lowest BCUT2D eigenvalue weighted by molar-refractivity contribution is 0.229. The van der Waals surface area contributed by atoms with Crippen molar-refractivity contribution in [2.45, 2.75) is 45.6 Å². The van der Waals surface area contributed by atoms with Gasteiger partial charge < -0.3 is 5.32 Å². The highest BCUT2D eigenvalue weighted by Crippen LogP contribution is 2.36. The Morgan fingerprint density at radius 2 is 1.93 bits per heavy atom. The molecule has 0 heterocycles. The fourth-order valence-corrected chi connectivity index (χ4v) is 2.59. The summed E-state index contributed by atoms with van der Waals surface area (Å²) in [6.07, 6.45) is 5.34. The molecule has 0 aromatic heterocycles. The molecule has 1 saturated carbocycles. The molecule has 0 aliphatic heterocycles. The Morgan fingerprint density at radius 1 is 1.20 bits per heavy atom. The zero-order valence-electron chi connectivity index (χ0n) is 9.79. The molecule has 0 amide bonds. The normalized spacial score (nSPS) is 24.8. The highest BCUT2D eigenvalue weighted by molar-refractivity contribution is 5.43. The van der Waals surface area contributed by atoms with Crippen LogP contribution in [0.15, 0.2) is 30.3 Å². The molecule has 1 N–H and O–H groups in total. The van der Waals surface area contributed by atoms with E-state index in [4.69, 9.17) is 0 Å². The average molecular weight is 203 g/mol. The van der Waals surface area contributed by atoms with Crippen LogP contribution in [-0.4, -0.2) is 6.04 Å². The van der Waals surface area contributed by atoms with Crippen LogP contribution < -0.4 is 5.32 Å². The van der Waals surface area contributed by atoms with Gasteiger partial charge in [0, 0.05) is 11.7 Å². The Labute approximate surface area is 92.9 Å². The van der Waals surface area contributed by atoms with Crippen LogP contribution in [0.2, 0.25) is 0 Å². The monoisotopic (exact) mass is 203 g/mol. The van der Waals surface area contributed by atoms with Crippen LogP contribution in [0.25, 0.3) is 0 Å². The highest BCUT2D eigenvalue weighted by atomic mass is 14.9. The fourth-order valence-electron chi connectivity index (χ4n) is 2.59. The molecule has 1 aliphatic carbocycles. The SMILES string of the molecule is CC1(C)CCCC(Nc2ccccc2)C1. The van der Waals surface area contributed by atoms with E-state index in [-0.39, 0.29) is 0 Å². The lowest BCUT2D eigenvalue weighted by Gasteiger charge is -2.36. The van der Waals surface area contributed by atoms with Gasteiger partial charge in [0.15, 0.2) is 0 Å². The minimum Gasteiger partial charge on any atom is -0.382 e. The first-order chi connectivity index (χ1) is 7.16. The Kier molecular flexibility index (Phi) is 2.99. The second-order valence-electron chi connectivity index (χ2n) is 5.47. The first-order valence-corrected chi connectivity index (χ1v) is 5.97. The second-order valence-corrected chi connectivity index (χ2v) is 5.47. The third kappa shape index (κ3) is 2.98. The molecule has 0 radical (unpaired) electrons. The smallest absolute Gasteiger partial charge is 0.0342 e. The fraction of sp³-hybridized carbons (Fsp3) is 0.571. The molecule has 15 heavy (non-hydrogen) atoms. The largest absolute Gasteiger partial charge is 0.382 e. The molecule has 0 saturated heterocycles. The van der Waals surface area contributed by atoms with Gasteiger partial charge in [-0.3, -0.25) is 0 Å². The van der Waals surface area contributed by atoms with Gasteiger partial charge in [0.2, 0.25) is 0 Å². The van der Waals surface area contributed by atoms with Gasteiger partial charge in [-0.1, -0.05) is 38.5 Å². The molecule has 1 unspecified atom stereocenters. The standard InChI is InChI=1S/C14H21N/c1-14(2)10-6-9-13(11-14)15-12-7-4-3-5-8-12/h3-5,7-8,13,15H,6,9-11H2,1-2H3. The van der Waals surface area contributed by atoms with Crippen molar-refractivity contribution in [1.29, 1.82) is 0 Å². The molecule has 1 nitrogen and oxygen atoms in total. The molecular weight excluding hydrogens is 182 g/mol. The molecular formula is C14H21N. The lowest BCUT2D eigenvalue weighted by atomic mass is 9.75. The quantitative estimate of drug-likeness (QED) is 0.764. The predicted octanol–water partition coefficient (Wildman–Crippen LogP) is 4.07. The van der Waals surface area contributed by atoms with E-state index in [0.29, 0.717) is 11.5 Å². The Hall–Kier alpha value is -0.980. The van der Waals surface area contributed by atoms with Crippen LogP contribution in [0, 0.1) is 5.41 Å². The van der Waals surface area contributed by atoms with Gasteiger partial charge in [-0.2, -0.15) is 0 Å². The van der Waals surface area contributed by atoms with Crippen LogP contribution in [0.3, 0.4) is 0 Å². The number of benzene rings is 1. The highest BCUT2D eigenvalue weighted by Gasteiger charge is 2.27. The van der Waals surface area contributed by atoms with Crippen molar-refractivity contribution in [2.24, 2.45) is 5.41 Å². The number of hydrogen-bond donors (Lipinski definition) is 1. The maximum Gasteiger partial charge on any atom is 0.0342 e. The van der Waals surface area contributed by atoms with Gasteiger partial charge in [0.05, 0.1) is 0 Å². The van der Waals surface area contributed by atoms with Crippen molar-refractivity contribution < 1.29 is 0 Å². The molecule has 1 aliphatic rings.